The van der Waals surface area contributed by atoms with Gasteiger partial charge in [-0.15, -0.1) is 18.3 Å². The number of allylic oxidation sites excluding steroid dienone is 5. The van der Waals surface area contributed by atoms with E-state index in [1.54, 1.807) is 7.11 Å². The summed E-state index contributed by atoms with van der Waals surface area (Å²) in [7, 11) is 1.77. The molecule has 0 aromatic carbocycles. The second-order valence-corrected chi connectivity index (χ2v) is 8.03. The molecule has 1 aliphatic carbocycles. The van der Waals surface area contributed by atoms with Crippen molar-refractivity contribution in [1.82, 2.24) is 0 Å². The van der Waals surface area contributed by atoms with E-state index in [0.717, 1.165) is 49.7 Å². The third-order valence-corrected chi connectivity index (χ3v) is 5.99. The Morgan fingerprint density at radius 3 is 2.64 bits per heavy atom. The summed E-state index contributed by atoms with van der Waals surface area (Å²) in [5.41, 5.74) is 0. The fourth-order valence-corrected chi connectivity index (χ4v) is 4.25. The van der Waals surface area contributed by atoms with Gasteiger partial charge in [0.1, 0.15) is 0 Å². The molecule has 4 atom stereocenters. The van der Waals surface area contributed by atoms with Gasteiger partial charge in [0.05, 0.1) is 17.2 Å². The molecule has 138 valence electrons. The van der Waals surface area contributed by atoms with Gasteiger partial charge >= 0.3 is 0 Å². The minimum Gasteiger partial charge on any atom is -0.381 e. The first-order valence-electron chi connectivity index (χ1n) is 9.57. The fourth-order valence-electron chi connectivity index (χ4n) is 2.97. The number of hydrogen-bond acceptors (Lipinski definition) is 3. The van der Waals surface area contributed by atoms with Gasteiger partial charge in [-0.05, 0) is 44.4 Å². The molecule has 25 heavy (non-hydrogen) atoms. The summed E-state index contributed by atoms with van der Waals surface area (Å²) >= 11 is 1.97. The van der Waals surface area contributed by atoms with Crippen LogP contribution < -0.4 is 0 Å². The van der Waals surface area contributed by atoms with Crippen LogP contribution in [0.3, 0.4) is 0 Å². The van der Waals surface area contributed by atoms with Crippen LogP contribution in [0.15, 0.2) is 54.1 Å². The van der Waals surface area contributed by atoms with E-state index >= 15 is 0 Å². The van der Waals surface area contributed by atoms with Crippen molar-refractivity contribution in [2.75, 3.05) is 12.9 Å². The fraction of sp³-hybridized carbons (Fsp3) is 0.591. The van der Waals surface area contributed by atoms with Crippen LogP contribution in [-0.2, 0) is 4.74 Å². The average Bonchev–Trinajstić information content (AvgIpc) is 3.16. The lowest BCUT2D eigenvalue weighted by Crippen LogP contribution is -2.08. The molecule has 0 aromatic rings. The van der Waals surface area contributed by atoms with Crippen LogP contribution in [-0.4, -0.2) is 30.1 Å². The van der Waals surface area contributed by atoms with Crippen LogP contribution in [0.1, 0.15) is 45.4 Å². The molecule has 0 unspecified atom stereocenters. The van der Waals surface area contributed by atoms with Crippen molar-refractivity contribution in [2.24, 2.45) is 16.8 Å². The summed E-state index contributed by atoms with van der Waals surface area (Å²) in [5.74, 6) is 2.80. The van der Waals surface area contributed by atoms with Gasteiger partial charge in [-0.25, -0.2) is 0 Å². The van der Waals surface area contributed by atoms with E-state index in [-0.39, 0.29) is 0 Å². The minimum absolute atomic E-state index is 0.302. The lowest BCUT2D eigenvalue weighted by atomic mass is 10.1. The zero-order valence-electron chi connectivity index (χ0n) is 15.8. The van der Waals surface area contributed by atoms with E-state index < -0.39 is 0 Å². The van der Waals surface area contributed by atoms with Crippen LogP contribution in [0.5, 0.6) is 0 Å². The van der Waals surface area contributed by atoms with Crippen LogP contribution in [0.4, 0.5) is 0 Å². The Kier molecular flexibility index (Phi) is 9.35. The van der Waals surface area contributed by atoms with E-state index in [2.05, 4.69) is 50.0 Å². The first kappa shape index (κ1) is 20.3. The highest BCUT2D eigenvalue weighted by Gasteiger charge is 2.39. The second-order valence-electron chi connectivity index (χ2n) is 6.99. The summed E-state index contributed by atoms with van der Waals surface area (Å²) < 4.78 is 5.39. The summed E-state index contributed by atoms with van der Waals surface area (Å²) in [6, 6.07) is 0.418. The van der Waals surface area contributed by atoms with Gasteiger partial charge < -0.3 is 4.74 Å². The molecule has 0 radical (unpaired) electrons. The van der Waals surface area contributed by atoms with Crippen LogP contribution in [0, 0.1) is 11.8 Å². The van der Waals surface area contributed by atoms with Gasteiger partial charge in [0.25, 0.3) is 0 Å². The summed E-state index contributed by atoms with van der Waals surface area (Å²) in [5, 5.41) is 1.41. The highest BCUT2D eigenvalue weighted by molar-refractivity contribution is 8.14. The van der Waals surface area contributed by atoms with Crippen LogP contribution in [0.25, 0.3) is 0 Å². The lowest BCUT2D eigenvalue weighted by molar-refractivity contribution is 0.0987. The van der Waals surface area contributed by atoms with E-state index in [1.807, 2.05) is 17.8 Å². The molecule has 1 heterocycles. The van der Waals surface area contributed by atoms with Crippen molar-refractivity contribution in [2.45, 2.75) is 57.6 Å². The SMILES string of the molecule is C=CC[C@@H](CC/C=C/C=C/CC/C=C\[C@@H]1CSC([C@@H]2C[C@@H]2C)=N1)OC. The Balaban J connectivity index is 1.52. The number of ether oxygens (including phenoxy) is 1. The number of aliphatic imine (C=N–C) groups is 1. The average molecular weight is 360 g/mol. The maximum atomic E-state index is 5.39. The third-order valence-electron chi connectivity index (χ3n) is 4.78. The van der Waals surface area contributed by atoms with Crippen molar-refractivity contribution in [3.63, 3.8) is 0 Å². The second kappa shape index (κ2) is 11.5. The minimum atomic E-state index is 0.302. The molecule has 0 aromatic heterocycles. The predicted octanol–water partition coefficient (Wildman–Crippen LogP) is 5.98. The number of thioether (sulfide) groups is 1. The molecule has 1 saturated carbocycles. The number of hydrogen-bond donors (Lipinski definition) is 0. The van der Waals surface area contributed by atoms with E-state index in [4.69, 9.17) is 9.73 Å². The molecule has 0 bridgehead atoms. The molecule has 2 rings (SSSR count). The topological polar surface area (TPSA) is 21.6 Å². The van der Waals surface area contributed by atoms with E-state index in [0.29, 0.717) is 12.1 Å². The van der Waals surface area contributed by atoms with Crippen molar-refractivity contribution in [3.8, 4) is 0 Å². The largest absolute Gasteiger partial charge is 0.381 e. The molecule has 0 spiro atoms. The van der Waals surface area contributed by atoms with E-state index in [9.17, 15) is 0 Å². The molecule has 1 aliphatic heterocycles. The predicted molar refractivity (Wildman–Crippen MR) is 112 cm³/mol. The van der Waals surface area contributed by atoms with Gasteiger partial charge in [-0.2, -0.15) is 0 Å². The van der Waals surface area contributed by atoms with Gasteiger partial charge in [0.15, 0.2) is 0 Å². The quantitative estimate of drug-likeness (QED) is 0.243. The third kappa shape index (κ3) is 7.79. The van der Waals surface area contributed by atoms with E-state index in [1.165, 1.54) is 11.5 Å². The molecule has 2 nitrogen and oxygen atoms in total. The van der Waals surface area contributed by atoms with Crippen LogP contribution in [0.2, 0.25) is 0 Å². The first-order chi connectivity index (χ1) is 12.2. The van der Waals surface area contributed by atoms with Gasteiger partial charge in [-0.1, -0.05) is 49.5 Å². The molecule has 3 heteroatoms. The number of rotatable bonds is 12. The van der Waals surface area contributed by atoms with Gasteiger partial charge in [-0.3, -0.25) is 4.99 Å². The molecule has 0 amide bonds. The molecule has 1 fully saturated rings. The molecular weight excluding hydrogens is 326 g/mol. The van der Waals surface area contributed by atoms with Crippen molar-refractivity contribution in [1.29, 1.82) is 0 Å². The Bertz CT molecular complexity index is 520. The Morgan fingerprint density at radius 1 is 1.24 bits per heavy atom. The molecule has 0 N–H and O–H groups in total. The first-order valence-corrected chi connectivity index (χ1v) is 10.6. The van der Waals surface area contributed by atoms with Crippen LogP contribution >= 0.6 is 11.8 Å². The number of unbranched alkanes of at least 4 members (excludes halogenated alkanes) is 1. The van der Waals surface area contributed by atoms with Gasteiger partial charge in [0, 0.05) is 18.8 Å². The van der Waals surface area contributed by atoms with Crippen molar-refractivity contribution < 1.29 is 4.74 Å². The smallest absolute Gasteiger partial charge is 0.0783 e. The summed E-state index contributed by atoms with van der Waals surface area (Å²) in [6.45, 7) is 6.09. The normalized spacial score (nSPS) is 27.4. The maximum Gasteiger partial charge on any atom is 0.0783 e. The summed E-state index contributed by atoms with van der Waals surface area (Å²) in [4.78, 5) is 4.85. The zero-order valence-corrected chi connectivity index (χ0v) is 16.6. The monoisotopic (exact) mass is 359 g/mol. The zero-order chi connectivity index (χ0) is 17.9. The Morgan fingerprint density at radius 2 is 1.96 bits per heavy atom. The van der Waals surface area contributed by atoms with Crippen molar-refractivity contribution in [3.05, 3.63) is 49.1 Å². The highest BCUT2D eigenvalue weighted by Crippen LogP contribution is 2.44. The highest BCUT2D eigenvalue weighted by atomic mass is 32.2. The maximum absolute atomic E-state index is 5.39. The molecule has 0 saturated heterocycles. The number of nitrogens with zero attached hydrogens (tertiary/aromatic N) is 1. The van der Waals surface area contributed by atoms with Crippen molar-refractivity contribution >= 4 is 16.8 Å². The lowest BCUT2D eigenvalue weighted by Gasteiger charge is -2.10. The Labute approximate surface area is 158 Å². The summed E-state index contributed by atoms with van der Waals surface area (Å²) in [6.07, 6.45) is 22.1. The number of methoxy groups -OCH3 is 1. The molecular formula is C22H33NOS. The standard InChI is InChI=1S/C22H33NOS/c1-4-13-20(24-3)15-12-10-8-6-5-7-9-11-14-19-17-25-22(23-19)21-16-18(21)2/h4-6,8,10-11,14,18-21H,1,7,9,12-13,15-17H2,2-3H3/b6-5+,10-8+,14-11-/t18-,19+,20-,21+/m0/s1. The molecule has 2 aliphatic rings. The Hall–Kier alpha value is -1.06. The van der Waals surface area contributed by atoms with Gasteiger partial charge in [0.2, 0.25) is 0 Å².